The fraction of sp³-hybridized carbons (Fsp3) is 0.350. The molecule has 0 radical (unpaired) electrons. The van der Waals surface area contributed by atoms with Crippen molar-refractivity contribution in [3.8, 4) is 0 Å². The molecule has 1 aromatic carbocycles. The van der Waals surface area contributed by atoms with Crippen LogP contribution in [0.15, 0.2) is 29.6 Å². The lowest BCUT2D eigenvalue weighted by Crippen LogP contribution is -2.16. The number of aromatic nitrogens is 2. The number of thiophene rings is 1. The zero-order valence-electron chi connectivity index (χ0n) is 15.7. The van der Waals surface area contributed by atoms with Crippen molar-refractivity contribution in [1.29, 1.82) is 0 Å². The second kappa shape index (κ2) is 7.76. The first kappa shape index (κ1) is 18.9. The number of hydrogen-bond acceptors (Lipinski definition) is 5. The fourth-order valence-corrected chi connectivity index (χ4v) is 4.83. The Morgan fingerprint density at radius 3 is 2.73 bits per heavy atom. The minimum absolute atomic E-state index is 0.0115. The van der Waals surface area contributed by atoms with E-state index >= 15 is 0 Å². The highest BCUT2D eigenvalue weighted by Crippen LogP contribution is 2.34. The average Bonchev–Trinajstić information content (AvgIpc) is 2.89. The highest BCUT2D eigenvalue weighted by atomic mass is 32.2. The number of fused-ring (bicyclic) bond motifs is 1. The summed E-state index contributed by atoms with van der Waals surface area (Å²) in [6, 6.07) is 6.14. The van der Waals surface area contributed by atoms with E-state index in [1.165, 1.54) is 22.2 Å². The zero-order valence-corrected chi connectivity index (χ0v) is 17.3. The Hall–Kier alpha value is -1.92. The van der Waals surface area contributed by atoms with Gasteiger partial charge in [-0.25, -0.2) is 9.97 Å². The number of aryl methyl sites for hydroxylation is 3. The molecule has 0 aliphatic heterocycles. The summed E-state index contributed by atoms with van der Waals surface area (Å²) in [5.41, 5.74) is 4.39. The molecule has 2 aromatic heterocycles. The average molecular weight is 386 g/mol. The van der Waals surface area contributed by atoms with Crippen LogP contribution in [0.3, 0.4) is 0 Å². The van der Waals surface area contributed by atoms with E-state index in [9.17, 15) is 4.79 Å². The molecule has 136 valence electrons. The van der Waals surface area contributed by atoms with Gasteiger partial charge in [-0.2, -0.15) is 0 Å². The van der Waals surface area contributed by atoms with Gasteiger partial charge in [0.2, 0.25) is 5.91 Å². The van der Waals surface area contributed by atoms with Gasteiger partial charge in [0.25, 0.3) is 0 Å². The predicted molar refractivity (Wildman–Crippen MR) is 112 cm³/mol. The molecule has 1 N–H and O–H groups in total. The van der Waals surface area contributed by atoms with Crippen LogP contribution in [0, 0.1) is 20.8 Å². The molecular weight excluding hydrogens is 362 g/mol. The normalized spacial score (nSPS) is 11.3. The number of nitrogens with one attached hydrogen (secondary N) is 1. The molecule has 2 heterocycles. The van der Waals surface area contributed by atoms with Gasteiger partial charge in [-0.05, 0) is 43.4 Å². The van der Waals surface area contributed by atoms with Crippen molar-refractivity contribution in [2.75, 3.05) is 11.1 Å². The third-order valence-corrected chi connectivity index (χ3v) is 6.57. The molecule has 6 heteroatoms. The Bertz CT molecular complexity index is 963. The number of thioether (sulfide) groups is 1. The van der Waals surface area contributed by atoms with Crippen LogP contribution in [0.4, 0.5) is 5.69 Å². The number of carbonyl (C=O) groups is 1. The molecule has 0 aliphatic carbocycles. The van der Waals surface area contributed by atoms with E-state index in [2.05, 4.69) is 49.0 Å². The molecule has 0 atom stereocenters. The maximum Gasteiger partial charge on any atom is 0.234 e. The lowest BCUT2D eigenvalue weighted by atomic mass is 9.98. The van der Waals surface area contributed by atoms with Gasteiger partial charge in [-0.3, -0.25) is 4.79 Å². The summed E-state index contributed by atoms with van der Waals surface area (Å²) in [4.78, 5) is 23.6. The molecule has 0 fully saturated rings. The summed E-state index contributed by atoms with van der Waals surface area (Å²) in [6.07, 6.45) is 1.58. The Labute approximate surface area is 162 Å². The third-order valence-electron chi connectivity index (χ3n) is 4.46. The van der Waals surface area contributed by atoms with Crippen molar-refractivity contribution < 1.29 is 4.79 Å². The van der Waals surface area contributed by atoms with Gasteiger partial charge in [0.1, 0.15) is 16.2 Å². The summed E-state index contributed by atoms with van der Waals surface area (Å²) >= 11 is 3.14. The van der Waals surface area contributed by atoms with E-state index in [4.69, 9.17) is 0 Å². The van der Waals surface area contributed by atoms with Crippen LogP contribution < -0.4 is 5.32 Å². The van der Waals surface area contributed by atoms with Crippen LogP contribution in [0.5, 0.6) is 0 Å². The van der Waals surface area contributed by atoms with Gasteiger partial charge < -0.3 is 5.32 Å². The summed E-state index contributed by atoms with van der Waals surface area (Å²) in [5, 5.41) is 5.05. The first-order chi connectivity index (χ1) is 12.4. The van der Waals surface area contributed by atoms with Gasteiger partial charge in [0, 0.05) is 16.0 Å². The molecule has 1 amide bonds. The first-order valence-electron chi connectivity index (χ1n) is 8.61. The molecule has 4 nitrogen and oxygen atoms in total. The SMILES string of the molecule is Cc1cccc(C(C)C)c1NC(=O)CSc1ncnc2sc(C)c(C)c12. The zero-order chi connectivity index (χ0) is 18.8. The Morgan fingerprint density at radius 1 is 1.23 bits per heavy atom. The minimum Gasteiger partial charge on any atom is -0.325 e. The van der Waals surface area contributed by atoms with Gasteiger partial charge in [-0.15, -0.1) is 11.3 Å². The molecule has 3 aromatic rings. The highest BCUT2D eigenvalue weighted by Gasteiger charge is 2.15. The van der Waals surface area contributed by atoms with Crippen molar-refractivity contribution >= 4 is 44.9 Å². The summed E-state index contributed by atoms with van der Waals surface area (Å²) in [6.45, 7) is 10.5. The van der Waals surface area contributed by atoms with Crippen LogP contribution in [0.25, 0.3) is 10.2 Å². The maximum atomic E-state index is 12.6. The summed E-state index contributed by atoms with van der Waals surface area (Å²) in [5.74, 6) is 0.671. The van der Waals surface area contributed by atoms with Gasteiger partial charge >= 0.3 is 0 Å². The van der Waals surface area contributed by atoms with Gasteiger partial charge in [0.15, 0.2) is 0 Å². The van der Waals surface area contributed by atoms with Crippen LogP contribution in [-0.4, -0.2) is 21.6 Å². The number of benzene rings is 1. The molecule has 0 saturated carbocycles. The smallest absolute Gasteiger partial charge is 0.234 e. The summed E-state index contributed by atoms with van der Waals surface area (Å²) in [7, 11) is 0. The van der Waals surface area contributed by atoms with Crippen molar-refractivity contribution in [1.82, 2.24) is 9.97 Å². The topological polar surface area (TPSA) is 54.9 Å². The number of carbonyl (C=O) groups excluding carboxylic acids is 1. The number of anilines is 1. The highest BCUT2D eigenvalue weighted by molar-refractivity contribution is 8.00. The lowest BCUT2D eigenvalue weighted by molar-refractivity contribution is -0.113. The van der Waals surface area contributed by atoms with Crippen LogP contribution in [-0.2, 0) is 4.79 Å². The van der Waals surface area contributed by atoms with Crippen molar-refractivity contribution in [3.63, 3.8) is 0 Å². The number of amides is 1. The van der Waals surface area contributed by atoms with E-state index < -0.39 is 0 Å². The van der Waals surface area contributed by atoms with E-state index in [0.29, 0.717) is 11.7 Å². The molecule has 26 heavy (non-hydrogen) atoms. The van der Waals surface area contributed by atoms with Crippen molar-refractivity contribution in [2.24, 2.45) is 0 Å². The second-order valence-corrected chi connectivity index (χ2v) is 8.84. The van der Waals surface area contributed by atoms with Crippen molar-refractivity contribution in [2.45, 2.75) is 45.6 Å². The number of hydrogen-bond donors (Lipinski definition) is 1. The van der Waals surface area contributed by atoms with E-state index in [-0.39, 0.29) is 5.91 Å². The van der Waals surface area contributed by atoms with Crippen LogP contribution in [0.2, 0.25) is 0 Å². The molecule has 3 rings (SSSR count). The second-order valence-electron chi connectivity index (χ2n) is 6.67. The lowest BCUT2D eigenvalue weighted by Gasteiger charge is -2.16. The Balaban J connectivity index is 1.77. The molecule has 0 saturated heterocycles. The molecule has 0 aliphatic rings. The van der Waals surface area contributed by atoms with Gasteiger partial charge in [0.05, 0.1) is 5.75 Å². The van der Waals surface area contributed by atoms with E-state index in [1.54, 1.807) is 17.7 Å². The monoisotopic (exact) mass is 385 g/mol. The summed E-state index contributed by atoms with van der Waals surface area (Å²) < 4.78 is 0. The predicted octanol–water partition coefficient (Wildman–Crippen LogP) is 5.47. The molecule has 0 bridgehead atoms. The molecule has 0 spiro atoms. The Morgan fingerprint density at radius 2 is 2.00 bits per heavy atom. The molecular formula is C20H23N3OS2. The number of nitrogens with zero attached hydrogens (tertiary/aromatic N) is 2. The van der Waals surface area contributed by atoms with Crippen LogP contribution in [0.1, 0.15) is 41.3 Å². The minimum atomic E-state index is -0.0115. The standard InChI is InChI=1S/C20H23N3OS2/c1-11(2)15-8-6-7-12(3)18(15)23-16(24)9-25-19-17-13(4)14(5)26-20(17)22-10-21-19/h6-8,10-11H,9H2,1-5H3,(H,23,24). The van der Waals surface area contributed by atoms with E-state index in [0.717, 1.165) is 32.1 Å². The Kier molecular flexibility index (Phi) is 5.63. The number of rotatable bonds is 5. The largest absolute Gasteiger partial charge is 0.325 e. The van der Waals surface area contributed by atoms with Crippen molar-refractivity contribution in [3.05, 3.63) is 46.1 Å². The maximum absolute atomic E-state index is 12.6. The first-order valence-corrected chi connectivity index (χ1v) is 10.4. The van der Waals surface area contributed by atoms with E-state index in [1.807, 2.05) is 19.1 Å². The third kappa shape index (κ3) is 3.76. The molecule has 0 unspecified atom stereocenters. The quantitative estimate of drug-likeness (QED) is 0.467. The van der Waals surface area contributed by atoms with Crippen LogP contribution >= 0.6 is 23.1 Å². The fourth-order valence-electron chi connectivity index (χ4n) is 2.91. The number of para-hydroxylation sites is 1. The van der Waals surface area contributed by atoms with Gasteiger partial charge in [-0.1, -0.05) is 43.8 Å².